The van der Waals surface area contributed by atoms with Gasteiger partial charge in [-0.2, -0.15) is 0 Å². The van der Waals surface area contributed by atoms with Gasteiger partial charge in [-0.1, -0.05) is 11.6 Å². The Morgan fingerprint density at radius 1 is 1.20 bits per heavy atom. The molecule has 1 amide bonds. The Hall–Kier alpha value is -2.32. The molecule has 0 aliphatic carbocycles. The van der Waals surface area contributed by atoms with Crippen LogP contribution in [0.3, 0.4) is 0 Å². The van der Waals surface area contributed by atoms with Gasteiger partial charge in [0.15, 0.2) is 5.69 Å². The van der Waals surface area contributed by atoms with Crippen LogP contribution in [0.4, 0.5) is 5.82 Å². The molecule has 0 unspecified atom stereocenters. The third-order valence-corrected chi connectivity index (χ3v) is 5.33. The molecule has 0 radical (unpaired) electrons. The Balaban J connectivity index is 1.51. The molecule has 1 fully saturated rings. The first-order valence-electron chi connectivity index (χ1n) is 7.85. The van der Waals surface area contributed by atoms with E-state index in [1.54, 1.807) is 29.5 Å². The lowest BCUT2D eigenvalue weighted by Gasteiger charge is -2.35. The van der Waals surface area contributed by atoms with Crippen LogP contribution in [-0.2, 0) is 0 Å². The van der Waals surface area contributed by atoms with Gasteiger partial charge in [-0.15, -0.1) is 11.3 Å². The maximum atomic E-state index is 12.7. The smallest absolute Gasteiger partial charge is 0.274 e. The SMILES string of the molecule is Cc1ncc(Cl)c(C(=O)N2CCN(c3ncnc4ccsc34)CC2)n1. The summed E-state index contributed by atoms with van der Waals surface area (Å²) in [5, 5.41) is 2.30. The van der Waals surface area contributed by atoms with E-state index in [0.717, 1.165) is 16.0 Å². The highest BCUT2D eigenvalue weighted by atomic mass is 35.5. The lowest BCUT2D eigenvalue weighted by molar-refractivity contribution is 0.0740. The molecule has 0 atom stereocenters. The van der Waals surface area contributed by atoms with Crippen molar-refractivity contribution in [1.82, 2.24) is 24.8 Å². The van der Waals surface area contributed by atoms with Crippen molar-refractivity contribution in [2.75, 3.05) is 31.1 Å². The van der Waals surface area contributed by atoms with Gasteiger partial charge in [0.1, 0.15) is 18.0 Å². The normalized spacial score (nSPS) is 15.0. The van der Waals surface area contributed by atoms with Crippen molar-refractivity contribution in [3.63, 3.8) is 0 Å². The average Bonchev–Trinajstić information content (AvgIpc) is 3.12. The molecule has 1 aliphatic heterocycles. The zero-order valence-electron chi connectivity index (χ0n) is 13.5. The van der Waals surface area contributed by atoms with E-state index in [1.807, 2.05) is 11.4 Å². The predicted molar refractivity (Wildman–Crippen MR) is 97.3 cm³/mol. The number of carbonyl (C=O) groups is 1. The quantitative estimate of drug-likeness (QED) is 0.685. The van der Waals surface area contributed by atoms with E-state index in [2.05, 4.69) is 24.8 Å². The molecule has 128 valence electrons. The monoisotopic (exact) mass is 374 g/mol. The molecule has 3 aromatic heterocycles. The summed E-state index contributed by atoms with van der Waals surface area (Å²) in [5.41, 5.74) is 1.22. The molecular formula is C16H15ClN6OS. The van der Waals surface area contributed by atoms with E-state index in [1.165, 1.54) is 6.20 Å². The zero-order valence-corrected chi connectivity index (χ0v) is 15.1. The minimum atomic E-state index is -0.154. The fourth-order valence-electron chi connectivity index (χ4n) is 2.88. The molecule has 3 aromatic rings. The molecule has 4 heterocycles. The number of halogens is 1. The Morgan fingerprint density at radius 2 is 2.00 bits per heavy atom. The molecule has 0 spiro atoms. The molecule has 1 saturated heterocycles. The zero-order chi connectivity index (χ0) is 17.4. The molecule has 0 N–H and O–H groups in total. The fourth-order valence-corrected chi connectivity index (χ4v) is 3.91. The van der Waals surface area contributed by atoms with Crippen molar-refractivity contribution >= 4 is 44.9 Å². The van der Waals surface area contributed by atoms with E-state index in [9.17, 15) is 4.79 Å². The van der Waals surface area contributed by atoms with Gasteiger partial charge in [-0.05, 0) is 18.4 Å². The standard InChI is InChI=1S/C16H15ClN6OS/c1-10-18-8-11(17)13(21-10)16(24)23-5-3-22(4-6-23)15-14-12(2-7-25-14)19-9-20-15/h2,7-9H,3-6H2,1H3. The van der Waals surface area contributed by atoms with Crippen molar-refractivity contribution in [2.45, 2.75) is 6.92 Å². The number of rotatable bonds is 2. The summed E-state index contributed by atoms with van der Waals surface area (Å²) < 4.78 is 1.08. The first-order chi connectivity index (χ1) is 12.1. The topological polar surface area (TPSA) is 75.1 Å². The summed E-state index contributed by atoms with van der Waals surface area (Å²) in [6.45, 7) is 4.34. The number of hydrogen-bond acceptors (Lipinski definition) is 7. The Bertz CT molecular complexity index is 937. The highest BCUT2D eigenvalue weighted by molar-refractivity contribution is 7.17. The Kier molecular flexibility index (Phi) is 4.22. The first kappa shape index (κ1) is 16.2. The minimum Gasteiger partial charge on any atom is -0.352 e. The summed E-state index contributed by atoms with van der Waals surface area (Å²) in [7, 11) is 0. The maximum Gasteiger partial charge on any atom is 0.274 e. The van der Waals surface area contributed by atoms with Crippen molar-refractivity contribution in [3.8, 4) is 0 Å². The fraction of sp³-hybridized carbons (Fsp3) is 0.312. The lowest BCUT2D eigenvalue weighted by Crippen LogP contribution is -2.49. The third kappa shape index (κ3) is 3.03. The summed E-state index contributed by atoms with van der Waals surface area (Å²) in [4.78, 5) is 33.6. The number of piperazine rings is 1. The van der Waals surface area contributed by atoms with Crippen LogP contribution in [0.2, 0.25) is 5.02 Å². The van der Waals surface area contributed by atoms with Crippen LogP contribution in [0.15, 0.2) is 24.0 Å². The van der Waals surface area contributed by atoms with E-state index in [-0.39, 0.29) is 16.6 Å². The number of nitrogens with zero attached hydrogens (tertiary/aromatic N) is 6. The number of hydrogen-bond donors (Lipinski definition) is 0. The highest BCUT2D eigenvalue weighted by Gasteiger charge is 2.26. The number of aryl methyl sites for hydroxylation is 1. The van der Waals surface area contributed by atoms with Gasteiger partial charge in [0.05, 0.1) is 21.4 Å². The largest absolute Gasteiger partial charge is 0.352 e. The van der Waals surface area contributed by atoms with Crippen LogP contribution in [0.25, 0.3) is 10.2 Å². The van der Waals surface area contributed by atoms with Gasteiger partial charge in [-0.3, -0.25) is 4.79 Å². The van der Waals surface area contributed by atoms with E-state index in [4.69, 9.17) is 11.6 Å². The first-order valence-corrected chi connectivity index (χ1v) is 9.11. The Morgan fingerprint density at radius 3 is 2.80 bits per heavy atom. The number of amides is 1. The highest BCUT2D eigenvalue weighted by Crippen LogP contribution is 2.28. The molecule has 1 aliphatic rings. The molecular weight excluding hydrogens is 360 g/mol. The van der Waals surface area contributed by atoms with Crippen LogP contribution < -0.4 is 4.90 Å². The number of anilines is 1. The lowest BCUT2D eigenvalue weighted by atomic mass is 10.2. The van der Waals surface area contributed by atoms with Crippen molar-refractivity contribution < 1.29 is 4.79 Å². The van der Waals surface area contributed by atoms with E-state index in [0.29, 0.717) is 32.0 Å². The summed E-state index contributed by atoms with van der Waals surface area (Å²) in [5.74, 6) is 1.31. The second-order valence-corrected chi connectivity index (χ2v) is 7.05. The van der Waals surface area contributed by atoms with Gasteiger partial charge in [0.25, 0.3) is 5.91 Å². The average molecular weight is 375 g/mol. The van der Waals surface area contributed by atoms with Crippen LogP contribution in [0.1, 0.15) is 16.3 Å². The number of carbonyl (C=O) groups excluding carboxylic acids is 1. The number of aromatic nitrogens is 4. The van der Waals surface area contributed by atoms with Gasteiger partial charge in [0, 0.05) is 26.2 Å². The summed E-state index contributed by atoms with van der Waals surface area (Å²) in [6, 6.07) is 1.99. The molecule has 7 nitrogen and oxygen atoms in total. The van der Waals surface area contributed by atoms with Crippen molar-refractivity contribution in [1.29, 1.82) is 0 Å². The van der Waals surface area contributed by atoms with Crippen LogP contribution in [0.5, 0.6) is 0 Å². The van der Waals surface area contributed by atoms with Gasteiger partial charge >= 0.3 is 0 Å². The number of thiophene rings is 1. The molecule has 25 heavy (non-hydrogen) atoms. The number of fused-ring (bicyclic) bond motifs is 1. The van der Waals surface area contributed by atoms with E-state index < -0.39 is 0 Å². The van der Waals surface area contributed by atoms with Crippen LogP contribution in [-0.4, -0.2) is 56.9 Å². The van der Waals surface area contributed by atoms with E-state index >= 15 is 0 Å². The summed E-state index contributed by atoms with van der Waals surface area (Å²) in [6.07, 6.45) is 3.06. The molecule has 4 rings (SSSR count). The van der Waals surface area contributed by atoms with Crippen LogP contribution in [0, 0.1) is 6.92 Å². The second-order valence-electron chi connectivity index (χ2n) is 5.73. The molecule has 0 aromatic carbocycles. The van der Waals surface area contributed by atoms with Crippen LogP contribution >= 0.6 is 22.9 Å². The third-order valence-electron chi connectivity index (χ3n) is 4.16. The molecule has 0 saturated carbocycles. The predicted octanol–water partition coefficient (Wildman–Crippen LogP) is 2.41. The molecule has 0 bridgehead atoms. The Labute approximate surface area is 153 Å². The van der Waals surface area contributed by atoms with Gasteiger partial charge in [0.2, 0.25) is 0 Å². The minimum absolute atomic E-state index is 0.154. The maximum absolute atomic E-state index is 12.7. The molecule has 9 heteroatoms. The second kappa shape index (κ2) is 6.53. The summed E-state index contributed by atoms with van der Waals surface area (Å²) >= 11 is 7.72. The van der Waals surface area contributed by atoms with Crippen molar-refractivity contribution in [2.24, 2.45) is 0 Å². The van der Waals surface area contributed by atoms with Gasteiger partial charge < -0.3 is 9.80 Å². The van der Waals surface area contributed by atoms with Gasteiger partial charge in [-0.25, -0.2) is 19.9 Å². The van der Waals surface area contributed by atoms with Crippen molar-refractivity contribution in [3.05, 3.63) is 40.5 Å².